The second-order valence-electron chi connectivity index (χ2n) is 6.09. The monoisotopic (exact) mass is 383 g/mol. The van der Waals surface area contributed by atoms with E-state index in [9.17, 15) is 9.18 Å². The van der Waals surface area contributed by atoms with Crippen molar-refractivity contribution in [3.63, 3.8) is 0 Å². The first-order chi connectivity index (χ1) is 13.0. The summed E-state index contributed by atoms with van der Waals surface area (Å²) in [5.41, 5.74) is 2.57. The lowest BCUT2D eigenvalue weighted by molar-refractivity contribution is -0.114. The van der Waals surface area contributed by atoms with E-state index in [-0.39, 0.29) is 23.7 Å². The molecule has 0 spiro atoms. The number of nitrogens with one attached hydrogen (secondary N) is 2. The highest BCUT2D eigenvalue weighted by atomic mass is 35.5. The Morgan fingerprint density at radius 2 is 1.89 bits per heavy atom. The first kappa shape index (κ1) is 17.2. The fourth-order valence-corrected chi connectivity index (χ4v) is 3.02. The summed E-state index contributed by atoms with van der Waals surface area (Å²) in [5.74, 6) is 0.0953. The lowest BCUT2D eigenvalue weighted by Gasteiger charge is -2.24. The maximum absolute atomic E-state index is 13.4. The van der Waals surface area contributed by atoms with E-state index in [0.717, 1.165) is 16.8 Å². The molecular formula is C19H15ClFN5O. The number of nitrogens with zero attached hydrogens (tertiary/aromatic N) is 3. The van der Waals surface area contributed by atoms with Gasteiger partial charge in [-0.2, -0.15) is 4.98 Å². The van der Waals surface area contributed by atoms with E-state index in [0.29, 0.717) is 11.0 Å². The van der Waals surface area contributed by atoms with Crippen molar-refractivity contribution in [2.24, 2.45) is 0 Å². The quantitative estimate of drug-likeness (QED) is 0.714. The van der Waals surface area contributed by atoms with E-state index in [1.54, 1.807) is 28.9 Å². The Balaban J connectivity index is 1.79. The predicted octanol–water partition coefficient (Wildman–Crippen LogP) is 4.09. The molecule has 1 amide bonds. The number of amides is 1. The Hall–Kier alpha value is -3.19. The molecule has 0 bridgehead atoms. The third kappa shape index (κ3) is 3.54. The minimum absolute atomic E-state index is 0.197. The standard InChI is InChI=1S/C19H15ClFN5O/c1-11(27)22-18-24-19-23-16(12-2-6-14(20)7-3-12)10-17(26(19)25-18)13-4-8-15(21)9-5-13/h2-10,17H,1H3,(H2,22,23,24,25,27). The molecule has 8 heteroatoms. The molecule has 2 N–H and O–H groups in total. The molecular weight excluding hydrogens is 369 g/mol. The van der Waals surface area contributed by atoms with E-state index in [4.69, 9.17) is 11.6 Å². The molecule has 1 aromatic heterocycles. The topological polar surface area (TPSA) is 71.8 Å². The third-order valence-corrected chi connectivity index (χ3v) is 4.37. The summed E-state index contributed by atoms with van der Waals surface area (Å²) in [6.07, 6.45) is 1.97. The van der Waals surface area contributed by atoms with Crippen LogP contribution in [0.4, 0.5) is 16.3 Å². The van der Waals surface area contributed by atoms with Gasteiger partial charge in [-0.15, -0.1) is 5.10 Å². The van der Waals surface area contributed by atoms with Gasteiger partial charge in [-0.05, 0) is 41.5 Å². The molecule has 2 aromatic carbocycles. The van der Waals surface area contributed by atoms with Crippen LogP contribution in [0.1, 0.15) is 24.1 Å². The first-order valence-electron chi connectivity index (χ1n) is 8.24. The molecule has 136 valence electrons. The van der Waals surface area contributed by atoms with Gasteiger partial charge in [0.2, 0.25) is 11.9 Å². The number of fused-ring (bicyclic) bond motifs is 1. The summed E-state index contributed by atoms with van der Waals surface area (Å²) in [7, 11) is 0. The highest BCUT2D eigenvalue weighted by Gasteiger charge is 2.25. The summed E-state index contributed by atoms with van der Waals surface area (Å²) in [5, 5.41) is 10.8. The van der Waals surface area contributed by atoms with E-state index in [1.165, 1.54) is 19.1 Å². The molecule has 4 rings (SSSR count). The van der Waals surface area contributed by atoms with E-state index < -0.39 is 0 Å². The zero-order chi connectivity index (χ0) is 19.0. The van der Waals surface area contributed by atoms with Gasteiger partial charge in [-0.3, -0.25) is 10.1 Å². The zero-order valence-electron chi connectivity index (χ0n) is 14.3. The molecule has 1 aliphatic heterocycles. The van der Waals surface area contributed by atoms with Gasteiger partial charge in [0.25, 0.3) is 5.95 Å². The van der Waals surface area contributed by atoms with Gasteiger partial charge in [0, 0.05) is 17.6 Å². The number of halogens is 2. The maximum atomic E-state index is 13.4. The minimum atomic E-state index is -0.317. The lowest BCUT2D eigenvalue weighted by Crippen LogP contribution is -2.20. The van der Waals surface area contributed by atoms with Crippen LogP contribution >= 0.6 is 11.6 Å². The van der Waals surface area contributed by atoms with Gasteiger partial charge < -0.3 is 5.32 Å². The van der Waals surface area contributed by atoms with Crippen molar-refractivity contribution in [3.05, 3.63) is 76.6 Å². The number of hydrogen-bond donors (Lipinski definition) is 2. The van der Waals surface area contributed by atoms with Crippen molar-refractivity contribution in [2.75, 3.05) is 10.6 Å². The number of anilines is 2. The Morgan fingerprint density at radius 1 is 1.19 bits per heavy atom. The molecule has 0 radical (unpaired) electrons. The second kappa shape index (κ2) is 6.85. The van der Waals surface area contributed by atoms with Crippen LogP contribution in [-0.2, 0) is 4.79 Å². The van der Waals surface area contributed by atoms with Gasteiger partial charge in [0.05, 0.1) is 0 Å². The van der Waals surface area contributed by atoms with E-state index in [2.05, 4.69) is 20.7 Å². The van der Waals surface area contributed by atoms with Crippen molar-refractivity contribution in [1.82, 2.24) is 14.8 Å². The van der Waals surface area contributed by atoms with Crippen molar-refractivity contribution in [3.8, 4) is 0 Å². The summed E-state index contributed by atoms with van der Waals surface area (Å²) in [4.78, 5) is 15.7. The zero-order valence-corrected chi connectivity index (χ0v) is 15.0. The molecule has 0 saturated carbocycles. The Labute approximate surface area is 159 Å². The van der Waals surface area contributed by atoms with E-state index in [1.807, 2.05) is 18.2 Å². The lowest BCUT2D eigenvalue weighted by atomic mass is 10.0. The van der Waals surface area contributed by atoms with Crippen molar-refractivity contribution in [2.45, 2.75) is 13.0 Å². The average Bonchev–Trinajstić information content (AvgIpc) is 3.03. The normalized spacial score (nSPS) is 15.5. The molecule has 1 aliphatic rings. The van der Waals surface area contributed by atoms with Gasteiger partial charge in [0.1, 0.15) is 11.9 Å². The van der Waals surface area contributed by atoms with Gasteiger partial charge in [-0.25, -0.2) is 9.07 Å². The Morgan fingerprint density at radius 3 is 2.56 bits per heavy atom. The summed E-state index contributed by atoms with van der Waals surface area (Å²) in [6.45, 7) is 1.39. The number of benzene rings is 2. The van der Waals surface area contributed by atoms with Crippen LogP contribution in [0.15, 0.2) is 54.6 Å². The largest absolute Gasteiger partial charge is 0.324 e. The number of carbonyl (C=O) groups excluding carboxylic acids is 1. The van der Waals surface area contributed by atoms with Crippen molar-refractivity contribution >= 4 is 35.1 Å². The molecule has 27 heavy (non-hydrogen) atoms. The maximum Gasteiger partial charge on any atom is 0.250 e. The first-order valence-corrected chi connectivity index (χ1v) is 8.62. The Bertz CT molecular complexity index is 1030. The van der Waals surface area contributed by atoms with Gasteiger partial charge >= 0.3 is 0 Å². The van der Waals surface area contributed by atoms with Gasteiger partial charge in [-0.1, -0.05) is 35.9 Å². The van der Waals surface area contributed by atoms with Crippen molar-refractivity contribution in [1.29, 1.82) is 0 Å². The molecule has 2 heterocycles. The van der Waals surface area contributed by atoms with Crippen LogP contribution in [-0.4, -0.2) is 20.7 Å². The predicted molar refractivity (Wildman–Crippen MR) is 102 cm³/mol. The molecule has 0 saturated heterocycles. The molecule has 0 aliphatic carbocycles. The van der Waals surface area contributed by atoms with Crippen LogP contribution in [0.3, 0.4) is 0 Å². The smallest absolute Gasteiger partial charge is 0.250 e. The molecule has 6 nitrogen and oxygen atoms in total. The van der Waals surface area contributed by atoms with Crippen LogP contribution in [0.2, 0.25) is 5.02 Å². The number of rotatable bonds is 3. The summed E-state index contributed by atoms with van der Waals surface area (Å²) >= 11 is 5.98. The highest BCUT2D eigenvalue weighted by molar-refractivity contribution is 6.30. The summed E-state index contributed by atoms with van der Waals surface area (Å²) < 4.78 is 15.0. The number of allylic oxidation sites excluding steroid dienone is 1. The highest BCUT2D eigenvalue weighted by Crippen LogP contribution is 2.33. The van der Waals surface area contributed by atoms with Gasteiger partial charge in [0.15, 0.2) is 0 Å². The average molecular weight is 384 g/mol. The van der Waals surface area contributed by atoms with Crippen LogP contribution in [0.5, 0.6) is 0 Å². The number of aromatic nitrogens is 3. The third-order valence-electron chi connectivity index (χ3n) is 4.12. The second-order valence-corrected chi connectivity index (χ2v) is 6.53. The van der Waals surface area contributed by atoms with E-state index >= 15 is 0 Å². The van der Waals surface area contributed by atoms with Crippen LogP contribution in [0.25, 0.3) is 5.70 Å². The number of carbonyl (C=O) groups is 1. The molecule has 0 fully saturated rings. The SMILES string of the molecule is CC(=O)Nc1nc2n(n1)C(c1ccc(F)cc1)C=C(c1ccc(Cl)cc1)N2. The van der Waals surface area contributed by atoms with Crippen LogP contribution < -0.4 is 10.6 Å². The number of hydrogen-bond acceptors (Lipinski definition) is 4. The molecule has 1 atom stereocenters. The minimum Gasteiger partial charge on any atom is -0.324 e. The van der Waals surface area contributed by atoms with Crippen molar-refractivity contribution < 1.29 is 9.18 Å². The van der Waals surface area contributed by atoms with Crippen LogP contribution in [0, 0.1) is 5.82 Å². The molecule has 1 unspecified atom stereocenters. The fourth-order valence-electron chi connectivity index (χ4n) is 2.90. The fraction of sp³-hybridized carbons (Fsp3) is 0.105. The Kier molecular flexibility index (Phi) is 4.37. The molecule has 3 aromatic rings. The summed E-state index contributed by atoms with van der Waals surface area (Å²) in [6, 6.07) is 13.3.